The van der Waals surface area contributed by atoms with Gasteiger partial charge in [-0.3, -0.25) is 4.21 Å². The molecule has 2 aromatic carbocycles. The first-order valence-electron chi connectivity index (χ1n) is 6.45. The number of nitrogens with zero attached hydrogens (tertiary/aromatic N) is 1. The molecule has 0 saturated carbocycles. The zero-order valence-corrected chi connectivity index (χ0v) is 15.3. The van der Waals surface area contributed by atoms with Crippen LogP contribution in [0.5, 0.6) is 0 Å². The van der Waals surface area contributed by atoms with Gasteiger partial charge in [0.1, 0.15) is 5.82 Å². The Morgan fingerprint density at radius 1 is 1.13 bits per heavy atom. The molecule has 0 fully saturated rings. The molecule has 3 nitrogen and oxygen atoms in total. The SMILES string of the molecule is N#Cc1cc(C#Cc2ccccc2F)ccc1CCS(=O)[O-].[Na+]. The molecule has 0 aliphatic rings. The molecule has 110 valence electrons. The van der Waals surface area contributed by atoms with Crippen LogP contribution >= 0.6 is 0 Å². The van der Waals surface area contributed by atoms with Crippen molar-refractivity contribution in [2.75, 3.05) is 5.75 Å². The van der Waals surface area contributed by atoms with E-state index in [4.69, 9.17) is 5.26 Å². The van der Waals surface area contributed by atoms with Crippen molar-refractivity contribution >= 4 is 11.1 Å². The van der Waals surface area contributed by atoms with E-state index in [1.807, 2.05) is 6.07 Å². The molecule has 1 atom stereocenters. The van der Waals surface area contributed by atoms with Crippen molar-refractivity contribution in [2.45, 2.75) is 6.42 Å². The van der Waals surface area contributed by atoms with Gasteiger partial charge in [0.15, 0.2) is 0 Å². The first kappa shape index (κ1) is 19.6. The predicted molar refractivity (Wildman–Crippen MR) is 81.0 cm³/mol. The van der Waals surface area contributed by atoms with Crippen LogP contribution in [0.1, 0.15) is 22.3 Å². The van der Waals surface area contributed by atoms with E-state index in [-0.39, 0.29) is 47.3 Å². The molecule has 1 unspecified atom stereocenters. The molecule has 0 aliphatic carbocycles. The Bertz CT molecular complexity index is 821. The number of nitriles is 1. The van der Waals surface area contributed by atoms with Crippen molar-refractivity contribution in [1.82, 2.24) is 0 Å². The molecular formula is C17H11FNNaO2S. The van der Waals surface area contributed by atoms with Gasteiger partial charge in [-0.15, -0.1) is 0 Å². The summed E-state index contributed by atoms with van der Waals surface area (Å²) >= 11 is -2.14. The Morgan fingerprint density at radius 2 is 1.87 bits per heavy atom. The Morgan fingerprint density at radius 3 is 2.52 bits per heavy atom. The van der Waals surface area contributed by atoms with Gasteiger partial charge in [0.2, 0.25) is 0 Å². The first-order valence-corrected chi connectivity index (χ1v) is 7.70. The number of aryl methyl sites for hydroxylation is 1. The third kappa shape index (κ3) is 5.91. The molecule has 2 rings (SSSR count). The van der Waals surface area contributed by atoms with Gasteiger partial charge in [-0.2, -0.15) is 5.26 Å². The van der Waals surface area contributed by atoms with Crippen LogP contribution in [-0.2, 0) is 17.5 Å². The Balaban J connectivity index is 0.00000264. The van der Waals surface area contributed by atoms with E-state index in [1.165, 1.54) is 6.07 Å². The second kappa shape index (κ2) is 9.62. The molecule has 2 aromatic rings. The fourth-order valence-electron chi connectivity index (χ4n) is 1.87. The molecule has 0 heterocycles. The summed E-state index contributed by atoms with van der Waals surface area (Å²) in [6.07, 6.45) is 0.278. The van der Waals surface area contributed by atoms with Crippen molar-refractivity contribution in [1.29, 1.82) is 5.26 Å². The van der Waals surface area contributed by atoms with Crippen molar-refractivity contribution in [3.63, 3.8) is 0 Å². The fraction of sp³-hybridized carbons (Fsp3) is 0.118. The number of rotatable bonds is 3. The van der Waals surface area contributed by atoms with Gasteiger partial charge in [-0.25, -0.2) is 4.39 Å². The van der Waals surface area contributed by atoms with Crippen LogP contribution in [0.25, 0.3) is 0 Å². The van der Waals surface area contributed by atoms with Gasteiger partial charge in [0.25, 0.3) is 0 Å². The van der Waals surface area contributed by atoms with Crippen LogP contribution in [-0.4, -0.2) is 14.5 Å². The third-order valence-corrected chi connectivity index (χ3v) is 3.52. The summed E-state index contributed by atoms with van der Waals surface area (Å²) in [7, 11) is 0. The maximum Gasteiger partial charge on any atom is 1.00 e. The zero-order chi connectivity index (χ0) is 15.9. The summed E-state index contributed by atoms with van der Waals surface area (Å²) in [5.41, 5.74) is 1.90. The van der Waals surface area contributed by atoms with Crippen LogP contribution in [0.4, 0.5) is 4.39 Å². The van der Waals surface area contributed by atoms with Crippen LogP contribution in [0.3, 0.4) is 0 Å². The summed E-state index contributed by atoms with van der Waals surface area (Å²) in [5, 5.41) is 9.13. The monoisotopic (exact) mass is 335 g/mol. The van der Waals surface area contributed by atoms with Crippen molar-refractivity contribution in [3.8, 4) is 17.9 Å². The molecule has 0 bridgehead atoms. The van der Waals surface area contributed by atoms with Crippen LogP contribution in [0, 0.1) is 29.0 Å². The maximum atomic E-state index is 13.5. The minimum Gasteiger partial charge on any atom is -0.772 e. The molecule has 0 radical (unpaired) electrons. The molecule has 23 heavy (non-hydrogen) atoms. The van der Waals surface area contributed by atoms with E-state index in [1.54, 1.807) is 36.4 Å². The van der Waals surface area contributed by atoms with Gasteiger partial charge in [0, 0.05) is 11.3 Å². The van der Waals surface area contributed by atoms with Crippen molar-refractivity contribution in [3.05, 3.63) is 70.5 Å². The first-order chi connectivity index (χ1) is 10.6. The van der Waals surface area contributed by atoms with Gasteiger partial charge < -0.3 is 4.55 Å². The van der Waals surface area contributed by atoms with Crippen molar-refractivity contribution in [2.24, 2.45) is 0 Å². The second-order valence-corrected chi connectivity index (χ2v) is 5.49. The van der Waals surface area contributed by atoms with Crippen LogP contribution < -0.4 is 29.6 Å². The fourth-order valence-corrected chi connectivity index (χ4v) is 2.26. The molecule has 6 heteroatoms. The predicted octanol–water partition coefficient (Wildman–Crippen LogP) is -0.477. The molecular weight excluding hydrogens is 324 g/mol. The van der Waals surface area contributed by atoms with E-state index in [0.29, 0.717) is 16.7 Å². The minimum absolute atomic E-state index is 0. The van der Waals surface area contributed by atoms with Gasteiger partial charge in [-0.05, 0) is 36.2 Å². The smallest absolute Gasteiger partial charge is 0.772 e. The average Bonchev–Trinajstić information content (AvgIpc) is 2.52. The molecule has 0 aromatic heterocycles. The third-order valence-electron chi connectivity index (χ3n) is 2.98. The number of hydrogen-bond donors (Lipinski definition) is 0. The molecule has 0 N–H and O–H groups in total. The Kier molecular flexibility index (Phi) is 8.19. The summed E-state index contributed by atoms with van der Waals surface area (Å²) < 4.78 is 34.6. The molecule has 0 aliphatic heterocycles. The quantitative estimate of drug-likeness (QED) is 0.432. The Labute approximate surface area is 159 Å². The van der Waals surface area contributed by atoms with Gasteiger partial charge >= 0.3 is 29.6 Å². The Hall–Kier alpha value is -1.47. The van der Waals surface area contributed by atoms with Gasteiger partial charge in [-0.1, -0.05) is 41.1 Å². The normalized spacial score (nSPS) is 10.7. The number of hydrogen-bond acceptors (Lipinski definition) is 3. The number of benzene rings is 2. The van der Waals surface area contributed by atoms with Crippen LogP contribution in [0.15, 0.2) is 42.5 Å². The van der Waals surface area contributed by atoms with Crippen LogP contribution in [0.2, 0.25) is 0 Å². The van der Waals surface area contributed by atoms with Crippen molar-refractivity contribution < 1.29 is 42.7 Å². The molecule has 0 amide bonds. The van der Waals surface area contributed by atoms with E-state index >= 15 is 0 Å². The molecule has 0 saturated heterocycles. The summed E-state index contributed by atoms with van der Waals surface area (Å²) in [6.45, 7) is 0. The average molecular weight is 335 g/mol. The summed E-state index contributed by atoms with van der Waals surface area (Å²) in [5.74, 6) is 5.09. The van der Waals surface area contributed by atoms with E-state index in [2.05, 4.69) is 11.8 Å². The molecule has 0 spiro atoms. The summed E-state index contributed by atoms with van der Waals surface area (Å²) in [6, 6.07) is 13.2. The van der Waals surface area contributed by atoms with E-state index in [0.717, 1.165) is 0 Å². The van der Waals surface area contributed by atoms with E-state index < -0.39 is 16.9 Å². The maximum absolute atomic E-state index is 13.5. The second-order valence-electron chi connectivity index (χ2n) is 4.47. The zero-order valence-electron chi connectivity index (χ0n) is 12.5. The van der Waals surface area contributed by atoms with Gasteiger partial charge in [0.05, 0.1) is 17.2 Å². The summed E-state index contributed by atoms with van der Waals surface area (Å²) in [4.78, 5) is 0. The van der Waals surface area contributed by atoms with E-state index in [9.17, 15) is 13.2 Å². The minimum atomic E-state index is -2.14. The largest absolute Gasteiger partial charge is 1.00 e. The number of halogens is 1. The standard InChI is InChI=1S/C17H12FNO2S.Na/c18-17-4-2-1-3-15(17)8-6-13-5-7-14(9-10-22(20)21)16(11-13)12-19;/h1-5,7,11H,9-10H2,(H,20,21);/q;+1/p-1. The topological polar surface area (TPSA) is 63.9 Å².